The van der Waals surface area contributed by atoms with Crippen LogP contribution in [0, 0.1) is 0 Å². The lowest BCUT2D eigenvalue weighted by Gasteiger charge is -2.30. The van der Waals surface area contributed by atoms with Gasteiger partial charge in [0.25, 0.3) is 0 Å². The van der Waals surface area contributed by atoms with Gasteiger partial charge in [0.15, 0.2) is 0 Å². The number of hydrogen-bond donors (Lipinski definition) is 1. The molecule has 1 aliphatic rings. The molecule has 21 heavy (non-hydrogen) atoms. The summed E-state index contributed by atoms with van der Waals surface area (Å²) in [7, 11) is 0. The predicted octanol–water partition coefficient (Wildman–Crippen LogP) is 3.14. The SMILES string of the molecule is CCCNCc1cccc(N2CCc3ccccc3C2)n1. The molecule has 1 aromatic heterocycles. The number of aromatic nitrogens is 1. The fourth-order valence-electron chi connectivity index (χ4n) is 2.83. The number of rotatable bonds is 5. The zero-order valence-corrected chi connectivity index (χ0v) is 12.7. The van der Waals surface area contributed by atoms with Crippen LogP contribution in [0.1, 0.15) is 30.2 Å². The summed E-state index contributed by atoms with van der Waals surface area (Å²) in [4.78, 5) is 7.19. The van der Waals surface area contributed by atoms with E-state index in [9.17, 15) is 0 Å². The van der Waals surface area contributed by atoms with E-state index in [0.717, 1.165) is 50.5 Å². The second-order valence-electron chi connectivity index (χ2n) is 5.60. The molecule has 3 heteroatoms. The molecule has 0 unspecified atom stereocenters. The van der Waals surface area contributed by atoms with E-state index in [0.29, 0.717) is 0 Å². The van der Waals surface area contributed by atoms with Crippen molar-refractivity contribution < 1.29 is 0 Å². The van der Waals surface area contributed by atoms with Crippen LogP contribution in [-0.2, 0) is 19.5 Å². The molecule has 3 nitrogen and oxygen atoms in total. The van der Waals surface area contributed by atoms with Crippen molar-refractivity contribution in [3.63, 3.8) is 0 Å². The summed E-state index contributed by atoms with van der Waals surface area (Å²) in [6.45, 7) is 6.10. The third kappa shape index (κ3) is 3.42. The van der Waals surface area contributed by atoms with Crippen LogP contribution < -0.4 is 10.2 Å². The normalized spacial score (nSPS) is 14.0. The minimum absolute atomic E-state index is 0.853. The molecular formula is C18H23N3. The van der Waals surface area contributed by atoms with Crippen LogP contribution in [0.15, 0.2) is 42.5 Å². The number of benzene rings is 1. The number of pyridine rings is 1. The average molecular weight is 281 g/mol. The topological polar surface area (TPSA) is 28.2 Å². The highest BCUT2D eigenvalue weighted by atomic mass is 15.2. The fourth-order valence-corrected chi connectivity index (χ4v) is 2.83. The Morgan fingerprint density at radius 2 is 1.95 bits per heavy atom. The molecule has 110 valence electrons. The maximum atomic E-state index is 4.80. The van der Waals surface area contributed by atoms with E-state index in [1.54, 1.807) is 0 Å². The first-order valence-electron chi connectivity index (χ1n) is 7.85. The van der Waals surface area contributed by atoms with E-state index >= 15 is 0 Å². The second-order valence-corrected chi connectivity index (χ2v) is 5.60. The monoisotopic (exact) mass is 281 g/mol. The van der Waals surface area contributed by atoms with Crippen molar-refractivity contribution >= 4 is 5.82 Å². The van der Waals surface area contributed by atoms with Gasteiger partial charge in [0.2, 0.25) is 0 Å². The third-order valence-electron chi connectivity index (χ3n) is 3.98. The molecule has 0 saturated heterocycles. The lowest BCUT2D eigenvalue weighted by Crippen LogP contribution is -2.31. The van der Waals surface area contributed by atoms with Crippen molar-refractivity contribution in [2.75, 3.05) is 18.0 Å². The summed E-state index contributed by atoms with van der Waals surface area (Å²) >= 11 is 0. The first kappa shape index (κ1) is 14.1. The van der Waals surface area contributed by atoms with Gasteiger partial charge in [0.1, 0.15) is 5.82 Å². The summed E-state index contributed by atoms with van der Waals surface area (Å²) in [5.74, 6) is 1.10. The molecule has 1 N–H and O–H groups in total. The number of anilines is 1. The van der Waals surface area contributed by atoms with Crippen molar-refractivity contribution in [2.45, 2.75) is 32.9 Å². The Kier molecular flexibility index (Phi) is 4.51. The molecule has 0 fully saturated rings. The molecule has 0 radical (unpaired) electrons. The molecular weight excluding hydrogens is 258 g/mol. The van der Waals surface area contributed by atoms with Crippen LogP contribution in [0.5, 0.6) is 0 Å². The van der Waals surface area contributed by atoms with E-state index in [-0.39, 0.29) is 0 Å². The van der Waals surface area contributed by atoms with Gasteiger partial charge >= 0.3 is 0 Å². The summed E-state index contributed by atoms with van der Waals surface area (Å²) < 4.78 is 0. The predicted molar refractivity (Wildman–Crippen MR) is 87.4 cm³/mol. The van der Waals surface area contributed by atoms with Gasteiger partial charge in [-0.15, -0.1) is 0 Å². The molecule has 1 aromatic carbocycles. The van der Waals surface area contributed by atoms with E-state index in [1.165, 1.54) is 11.1 Å². The van der Waals surface area contributed by atoms with Gasteiger partial charge in [-0.1, -0.05) is 37.3 Å². The smallest absolute Gasteiger partial charge is 0.129 e. The average Bonchev–Trinajstić information content (AvgIpc) is 2.55. The van der Waals surface area contributed by atoms with Gasteiger partial charge in [0.05, 0.1) is 5.69 Å². The lowest BCUT2D eigenvalue weighted by atomic mass is 10.00. The minimum atomic E-state index is 0.853. The first-order chi connectivity index (χ1) is 10.4. The van der Waals surface area contributed by atoms with Crippen molar-refractivity contribution in [2.24, 2.45) is 0 Å². The quantitative estimate of drug-likeness (QED) is 0.853. The van der Waals surface area contributed by atoms with E-state index in [1.807, 2.05) is 0 Å². The van der Waals surface area contributed by atoms with Crippen molar-refractivity contribution in [1.82, 2.24) is 10.3 Å². The fraction of sp³-hybridized carbons (Fsp3) is 0.389. The van der Waals surface area contributed by atoms with Gasteiger partial charge < -0.3 is 10.2 Å². The Morgan fingerprint density at radius 3 is 2.81 bits per heavy atom. The van der Waals surface area contributed by atoms with Crippen LogP contribution in [0.2, 0.25) is 0 Å². The Bertz CT molecular complexity index is 595. The van der Waals surface area contributed by atoms with E-state index in [2.05, 4.69) is 59.6 Å². The zero-order chi connectivity index (χ0) is 14.5. The van der Waals surface area contributed by atoms with E-state index in [4.69, 9.17) is 4.98 Å². The maximum absolute atomic E-state index is 4.80. The van der Waals surface area contributed by atoms with Crippen molar-refractivity contribution in [1.29, 1.82) is 0 Å². The highest BCUT2D eigenvalue weighted by molar-refractivity contribution is 5.44. The Labute approximate surface area is 127 Å². The summed E-state index contributed by atoms with van der Waals surface area (Å²) in [5.41, 5.74) is 4.04. The highest BCUT2D eigenvalue weighted by Crippen LogP contribution is 2.23. The minimum Gasteiger partial charge on any atom is -0.352 e. The van der Waals surface area contributed by atoms with Crippen LogP contribution in [0.25, 0.3) is 0 Å². The number of hydrogen-bond acceptors (Lipinski definition) is 3. The zero-order valence-electron chi connectivity index (χ0n) is 12.7. The van der Waals surface area contributed by atoms with Crippen LogP contribution in [-0.4, -0.2) is 18.1 Å². The third-order valence-corrected chi connectivity index (χ3v) is 3.98. The molecule has 0 atom stereocenters. The van der Waals surface area contributed by atoms with Gasteiger partial charge in [-0.25, -0.2) is 4.98 Å². The summed E-state index contributed by atoms with van der Waals surface area (Å²) in [5, 5.41) is 3.42. The molecule has 1 aliphatic heterocycles. The van der Waals surface area contributed by atoms with Crippen LogP contribution in [0.4, 0.5) is 5.82 Å². The lowest BCUT2D eigenvalue weighted by molar-refractivity contribution is 0.659. The van der Waals surface area contributed by atoms with Crippen LogP contribution >= 0.6 is 0 Å². The molecule has 0 saturated carbocycles. The Balaban J connectivity index is 1.71. The summed E-state index contributed by atoms with van der Waals surface area (Å²) in [6.07, 6.45) is 2.26. The van der Waals surface area contributed by atoms with Crippen molar-refractivity contribution in [3.8, 4) is 0 Å². The van der Waals surface area contributed by atoms with Gasteiger partial charge in [-0.05, 0) is 42.6 Å². The number of nitrogens with one attached hydrogen (secondary N) is 1. The molecule has 0 bridgehead atoms. The second kappa shape index (κ2) is 6.72. The molecule has 2 heterocycles. The standard InChI is InChI=1S/C18H23N3/c1-2-11-19-13-17-8-5-9-18(20-17)21-12-10-15-6-3-4-7-16(15)14-21/h3-9,19H,2,10-14H2,1H3. The molecule has 2 aromatic rings. The molecule has 3 rings (SSSR count). The van der Waals surface area contributed by atoms with E-state index < -0.39 is 0 Å². The Hall–Kier alpha value is -1.87. The number of nitrogens with zero attached hydrogens (tertiary/aromatic N) is 2. The summed E-state index contributed by atoms with van der Waals surface area (Å²) in [6, 6.07) is 15.1. The first-order valence-corrected chi connectivity index (χ1v) is 7.85. The van der Waals surface area contributed by atoms with Gasteiger partial charge in [0, 0.05) is 19.6 Å². The Morgan fingerprint density at radius 1 is 1.10 bits per heavy atom. The van der Waals surface area contributed by atoms with Crippen molar-refractivity contribution in [3.05, 3.63) is 59.3 Å². The molecule has 0 spiro atoms. The molecule has 0 aliphatic carbocycles. The molecule has 0 amide bonds. The largest absolute Gasteiger partial charge is 0.352 e. The maximum Gasteiger partial charge on any atom is 0.129 e. The van der Waals surface area contributed by atoms with Crippen LogP contribution in [0.3, 0.4) is 0 Å². The van der Waals surface area contributed by atoms with Gasteiger partial charge in [-0.2, -0.15) is 0 Å². The van der Waals surface area contributed by atoms with Gasteiger partial charge in [-0.3, -0.25) is 0 Å². The highest BCUT2D eigenvalue weighted by Gasteiger charge is 2.16. The number of fused-ring (bicyclic) bond motifs is 1.